The predicted molar refractivity (Wildman–Crippen MR) is 50.3 cm³/mol. The molecule has 1 unspecified atom stereocenters. The summed E-state index contributed by atoms with van der Waals surface area (Å²) in [4.78, 5) is 12.7. The molecular formula is C9H18N2O2. The average molecular weight is 186 g/mol. The standard InChI is InChI=1S/C9H18N2O2/c1-7(3-4-10)8-5-11(6-8)9(12)13-2/h7-8H,3-6,10H2,1-2H3. The van der Waals surface area contributed by atoms with E-state index in [-0.39, 0.29) is 6.09 Å². The van der Waals surface area contributed by atoms with Crippen molar-refractivity contribution in [1.82, 2.24) is 4.90 Å². The number of likely N-dealkylation sites (tertiary alicyclic amines) is 1. The Hall–Kier alpha value is -0.770. The van der Waals surface area contributed by atoms with Gasteiger partial charge in [0.1, 0.15) is 0 Å². The zero-order chi connectivity index (χ0) is 9.84. The Balaban J connectivity index is 2.21. The summed E-state index contributed by atoms with van der Waals surface area (Å²) in [6, 6.07) is 0. The fraction of sp³-hybridized carbons (Fsp3) is 0.889. The summed E-state index contributed by atoms with van der Waals surface area (Å²) in [7, 11) is 1.42. The van der Waals surface area contributed by atoms with E-state index < -0.39 is 0 Å². The van der Waals surface area contributed by atoms with Gasteiger partial charge in [-0.1, -0.05) is 6.92 Å². The highest BCUT2D eigenvalue weighted by atomic mass is 16.5. The van der Waals surface area contributed by atoms with E-state index in [1.165, 1.54) is 7.11 Å². The molecule has 1 aliphatic heterocycles. The first-order valence-corrected chi connectivity index (χ1v) is 4.72. The van der Waals surface area contributed by atoms with E-state index in [2.05, 4.69) is 11.7 Å². The van der Waals surface area contributed by atoms with E-state index in [4.69, 9.17) is 5.73 Å². The number of ether oxygens (including phenoxy) is 1. The van der Waals surface area contributed by atoms with Crippen LogP contribution in [-0.2, 0) is 4.74 Å². The van der Waals surface area contributed by atoms with Crippen LogP contribution in [0.25, 0.3) is 0 Å². The van der Waals surface area contributed by atoms with Crippen molar-refractivity contribution < 1.29 is 9.53 Å². The van der Waals surface area contributed by atoms with Crippen LogP contribution in [0.1, 0.15) is 13.3 Å². The fourth-order valence-corrected chi connectivity index (χ4v) is 1.65. The first kappa shape index (κ1) is 10.3. The summed E-state index contributed by atoms with van der Waals surface area (Å²) < 4.78 is 4.60. The van der Waals surface area contributed by atoms with Crippen LogP contribution in [-0.4, -0.2) is 37.7 Å². The number of rotatable bonds is 3. The topological polar surface area (TPSA) is 55.6 Å². The molecule has 0 radical (unpaired) electrons. The molecule has 1 saturated heterocycles. The van der Waals surface area contributed by atoms with E-state index in [1.807, 2.05) is 0 Å². The Bertz CT molecular complexity index is 178. The highest BCUT2D eigenvalue weighted by molar-refractivity contribution is 5.68. The van der Waals surface area contributed by atoms with Crippen molar-refractivity contribution in [3.63, 3.8) is 0 Å². The van der Waals surface area contributed by atoms with Gasteiger partial charge < -0.3 is 15.4 Å². The minimum absolute atomic E-state index is 0.212. The van der Waals surface area contributed by atoms with Crippen LogP contribution in [0, 0.1) is 11.8 Å². The van der Waals surface area contributed by atoms with Gasteiger partial charge in [-0.05, 0) is 24.8 Å². The van der Waals surface area contributed by atoms with Crippen LogP contribution in [0.5, 0.6) is 0 Å². The molecule has 4 heteroatoms. The second-order valence-corrected chi connectivity index (χ2v) is 3.69. The summed E-state index contributed by atoms with van der Waals surface area (Å²) in [6.07, 6.45) is 0.829. The summed E-state index contributed by atoms with van der Waals surface area (Å²) in [6.45, 7) is 4.57. The molecule has 0 aromatic rings. The Morgan fingerprint density at radius 1 is 1.69 bits per heavy atom. The third kappa shape index (κ3) is 2.34. The van der Waals surface area contributed by atoms with Gasteiger partial charge in [-0.2, -0.15) is 0 Å². The van der Waals surface area contributed by atoms with Crippen molar-refractivity contribution in [2.24, 2.45) is 17.6 Å². The SMILES string of the molecule is COC(=O)N1CC(C(C)CCN)C1. The molecular weight excluding hydrogens is 168 g/mol. The Morgan fingerprint density at radius 2 is 2.31 bits per heavy atom. The lowest BCUT2D eigenvalue weighted by atomic mass is 9.85. The van der Waals surface area contributed by atoms with Crippen molar-refractivity contribution in [1.29, 1.82) is 0 Å². The second kappa shape index (κ2) is 4.46. The number of carbonyl (C=O) groups excluding carboxylic acids is 1. The molecule has 0 aromatic carbocycles. The van der Waals surface area contributed by atoms with Crippen molar-refractivity contribution in [3.8, 4) is 0 Å². The quantitative estimate of drug-likeness (QED) is 0.704. The number of nitrogens with two attached hydrogens (primary N) is 1. The molecule has 2 N–H and O–H groups in total. The lowest BCUT2D eigenvalue weighted by Crippen LogP contribution is -2.52. The van der Waals surface area contributed by atoms with Crippen LogP contribution >= 0.6 is 0 Å². The van der Waals surface area contributed by atoms with Crippen LogP contribution in [0.4, 0.5) is 4.79 Å². The van der Waals surface area contributed by atoms with Crippen molar-refractivity contribution >= 4 is 6.09 Å². The summed E-state index contributed by atoms with van der Waals surface area (Å²) >= 11 is 0. The Labute approximate surface area is 79.0 Å². The Morgan fingerprint density at radius 3 is 2.77 bits per heavy atom. The van der Waals surface area contributed by atoms with Gasteiger partial charge in [0.05, 0.1) is 7.11 Å². The van der Waals surface area contributed by atoms with Crippen molar-refractivity contribution in [2.75, 3.05) is 26.7 Å². The van der Waals surface area contributed by atoms with Gasteiger partial charge in [-0.3, -0.25) is 0 Å². The molecule has 1 atom stereocenters. The molecule has 13 heavy (non-hydrogen) atoms. The van der Waals surface area contributed by atoms with E-state index in [1.54, 1.807) is 4.90 Å². The van der Waals surface area contributed by atoms with E-state index >= 15 is 0 Å². The van der Waals surface area contributed by atoms with Gasteiger partial charge in [-0.25, -0.2) is 4.79 Å². The summed E-state index contributed by atoms with van der Waals surface area (Å²) in [5.74, 6) is 1.23. The van der Waals surface area contributed by atoms with Crippen molar-refractivity contribution in [3.05, 3.63) is 0 Å². The molecule has 0 aliphatic carbocycles. The number of hydrogen-bond acceptors (Lipinski definition) is 3. The molecule has 1 rings (SSSR count). The van der Waals surface area contributed by atoms with Crippen LogP contribution in [0.15, 0.2) is 0 Å². The highest BCUT2D eigenvalue weighted by Crippen LogP contribution is 2.25. The lowest BCUT2D eigenvalue weighted by molar-refractivity contribution is 0.0465. The summed E-state index contributed by atoms with van der Waals surface area (Å²) in [5, 5.41) is 0. The number of nitrogens with zero attached hydrogens (tertiary/aromatic N) is 1. The zero-order valence-electron chi connectivity index (χ0n) is 8.32. The third-order valence-corrected chi connectivity index (χ3v) is 2.77. The normalized spacial score (nSPS) is 19.5. The molecule has 0 saturated carbocycles. The molecule has 4 nitrogen and oxygen atoms in total. The van der Waals surface area contributed by atoms with Crippen molar-refractivity contribution in [2.45, 2.75) is 13.3 Å². The maximum absolute atomic E-state index is 11.0. The number of amides is 1. The monoisotopic (exact) mass is 186 g/mol. The maximum Gasteiger partial charge on any atom is 0.409 e. The number of methoxy groups -OCH3 is 1. The number of carbonyl (C=O) groups is 1. The minimum Gasteiger partial charge on any atom is -0.453 e. The van der Waals surface area contributed by atoms with E-state index in [0.29, 0.717) is 11.8 Å². The first-order valence-electron chi connectivity index (χ1n) is 4.72. The van der Waals surface area contributed by atoms with Gasteiger partial charge in [-0.15, -0.1) is 0 Å². The molecule has 0 bridgehead atoms. The molecule has 1 fully saturated rings. The predicted octanol–water partition coefficient (Wildman–Crippen LogP) is 0.670. The van der Waals surface area contributed by atoms with Gasteiger partial charge in [0.25, 0.3) is 0 Å². The summed E-state index contributed by atoms with van der Waals surface area (Å²) in [5.41, 5.74) is 5.46. The smallest absolute Gasteiger partial charge is 0.409 e. The molecule has 1 aliphatic rings. The van der Waals surface area contributed by atoms with E-state index in [0.717, 1.165) is 26.1 Å². The molecule has 0 aromatic heterocycles. The van der Waals surface area contributed by atoms with Gasteiger partial charge in [0, 0.05) is 13.1 Å². The highest BCUT2D eigenvalue weighted by Gasteiger charge is 2.34. The van der Waals surface area contributed by atoms with Crippen LogP contribution < -0.4 is 5.73 Å². The molecule has 76 valence electrons. The molecule has 1 amide bonds. The minimum atomic E-state index is -0.212. The maximum atomic E-state index is 11.0. The molecule has 1 heterocycles. The van der Waals surface area contributed by atoms with Gasteiger partial charge in [0.15, 0.2) is 0 Å². The van der Waals surface area contributed by atoms with E-state index in [9.17, 15) is 4.79 Å². The Kier molecular flexibility index (Phi) is 3.54. The van der Waals surface area contributed by atoms with Gasteiger partial charge in [0.2, 0.25) is 0 Å². The van der Waals surface area contributed by atoms with Gasteiger partial charge >= 0.3 is 6.09 Å². The largest absolute Gasteiger partial charge is 0.453 e. The van der Waals surface area contributed by atoms with Crippen LogP contribution in [0.3, 0.4) is 0 Å². The first-order chi connectivity index (χ1) is 6.19. The average Bonchev–Trinajstić information content (AvgIpc) is 2.01. The lowest BCUT2D eigenvalue weighted by Gasteiger charge is -2.41. The fourth-order valence-electron chi connectivity index (χ4n) is 1.65. The zero-order valence-corrected chi connectivity index (χ0v) is 8.32. The third-order valence-electron chi connectivity index (χ3n) is 2.77. The second-order valence-electron chi connectivity index (χ2n) is 3.69. The number of hydrogen-bond donors (Lipinski definition) is 1. The molecule has 0 spiro atoms. The van der Waals surface area contributed by atoms with Crippen LogP contribution in [0.2, 0.25) is 0 Å².